The second-order valence-electron chi connectivity index (χ2n) is 4.50. The second kappa shape index (κ2) is 4.74. The Bertz CT molecular complexity index is 694. The molecule has 0 saturated heterocycles. The van der Waals surface area contributed by atoms with Crippen molar-refractivity contribution in [2.75, 3.05) is 4.90 Å². The minimum Gasteiger partial charge on any atom is -0.302 e. The quantitative estimate of drug-likeness (QED) is 0.618. The minimum atomic E-state index is -1.26. The van der Waals surface area contributed by atoms with Gasteiger partial charge in [-0.2, -0.15) is 0 Å². The van der Waals surface area contributed by atoms with Crippen molar-refractivity contribution < 1.29 is 14.4 Å². The number of rotatable bonds is 2. The number of nitrogens with zero attached hydrogens (tertiary/aromatic N) is 1. The molecule has 1 aliphatic heterocycles. The number of Topliss-reactive ketones (excluding diaryl/α,β-unsaturated/α-hetero) is 1. The summed E-state index contributed by atoms with van der Waals surface area (Å²) in [7, 11) is 0. The number of ketones is 1. The van der Waals surface area contributed by atoms with Gasteiger partial charge < -0.3 is 4.79 Å². The fourth-order valence-corrected chi connectivity index (χ4v) is 2.38. The number of benzene rings is 2. The normalized spacial score (nSPS) is 17.8. The van der Waals surface area contributed by atoms with Gasteiger partial charge >= 0.3 is 0 Å². The third-order valence-corrected chi connectivity index (χ3v) is 3.33. The van der Waals surface area contributed by atoms with Gasteiger partial charge in [0.25, 0.3) is 0 Å². The monoisotopic (exact) mass is 265 g/mol. The maximum absolute atomic E-state index is 12.4. The van der Waals surface area contributed by atoms with Crippen molar-refractivity contribution in [3.8, 4) is 0 Å². The number of amides is 1. The second-order valence-corrected chi connectivity index (χ2v) is 4.50. The number of aldehydes is 1. The lowest BCUT2D eigenvalue weighted by Gasteiger charge is -2.31. The molecule has 3 rings (SSSR count). The van der Waals surface area contributed by atoms with Gasteiger partial charge in [-0.15, -0.1) is 0 Å². The van der Waals surface area contributed by atoms with Crippen molar-refractivity contribution in [1.82, 2.24) is 0 Å². The molecule has 0 saturated carbocycles. The summed E-state index contributed by atoms with van der Waals surface area (Å²) < 4.78 is 0. The summed E-state index contributed by atoms with van der Waals surface area (Å²) >= 11 is 0. The molecule has 0 bridgehead atoms. The Kier molecular flexibility index (Phi) is 2.91. The van der Waals surface area contributed by atoms with Crippen LogP contribution in [0.25, 0.3) is 0 Å². The Hall–Kier alpha value is -2.75. The number of anilines is 2. The average molecular weight is 265 g/mol. The Morgan fingerprint density at radius 2 is 1.55 bits per heavy atom. The van der Waals surface area contributed by atoms with E-state index in [0.717, 1.165) is 0 Å². The third-order valence-electron chi connectivity index (χ3n) is 3.33. The summed E-state index contributed by atoms with van der Waals surface area (Å²) in [6.45, 7) is 0. The van der Waals surface area contributed by atoms with Gasteiger partial charge in [0.05, 0.1) is 5.69 Å². The van der Waals surface area contributed by atoms with E-state index in [1.165, 1.54) is 4.90 Å². The molecule has 20 heavy (non-hydrogen) atoms. The van der Waals surface area contributed by atoms with Gasteiger partial charge in [0.1, 0.15) is 6.29 Å². The van der Waals surface area contributed by atoms with E-state index in [-0.39, 0.29) is 0 Å². The Labute approximate surface area is 115 Å². The van der Waals surface area contributed by atoms with Crippen molar-refractivity contribution in [2.45, 2.75) is 0 Å². The average Bonchev–Trinajstić information content (AvgIpc) is 2.49. The van der Waals surface area contributed by atoms with Crippen LogP contribution < -0.4 is 4.90 Å². The predicted octanol–water partition coefficient (Wildman–Crippen LogP) is 2.36. The number of carbonyl (C=O) groups excluding carboxylic acids is 3. The van der Waals surface area contributed by atoms with Gasteiger partial charge in [0, 0.05) is 11.3 Å². The number of hydrogen-bond donors (Lipinski definition) is 0. The summed E-state index contributed by atoms with van der Waals surface area (Å²) in [5.74, 6) is -2.20. The van der Waals surface area contributed by atoms with Gasteiger partial charge in [-0.3, -0.25) is 14.5 Å². The number of fused-ring (bicyclic) bond motifs is 1. The van der Waals surface area contributed by atoms with Crippen LogP contribution in [-0.2, 0) is 9.59 Å². The highest BCUT2D eigenvalue weighted by Crippen LogP contribution is 2.35. The summed E-state index contributed by atoms with van der Waals surface area (Å²) in [4.78, 5) is 37.1. The molecule has 0 N–H and O–H groups in total. The van der Waals surface area contributed by atoms with Crippen molar-refractivity contribution in [3.63, 3.8) is 0 Å². The fourth-order valence-electron chi connectivity index (χ4n) is 2.38. The molecular weight excluding hydrogens is 254 g/mol. The lowest BCUT2D eigenvalue weighted by Crippen LogP contribution is -2.42. The molecule has 2 aromatic rings. The molecular formula is C16H11NO3. The molecule has 0 unspecified atom stereocenters. The maximum atomic E-state index is 12.4. The largest absolute Gasteiger partial charge is 0.302 e. The summed E-state index contributed by atoms with van der Waals surface area (Å²) in [5.41, 5.74) is 1.56. The van der Waals surface area contributed by atoms with E-state index in [1.54, 1.807) is 48.5 Å². The molecule has 4 nitrogen and oxygen atoms in total. The van der Waals surface area contributed by atoms with Crippen LogP contribution >= 0.6 is 0 Å². The molecule has 0 fully saturated rings. The highest BCUT2D eigenvalue weighted by atomic mass is 16.2. The molecule has 98 valence electrons. The molecule has 1 heterocycles. The lowest BCUT2D eigenvalue weighted by atomic mass is 9.91. The summed E-state index contributed by atoms with van der Waals surface area (Å²) in [5, 5.41) is 0. The minimum absolute atomic E-state index is 0.396. The van der Waals surface area contributed by atoms with E-state index in [2.05, 4.69) is 0 Å². The number of carbonyl (C=O) groups is 3. The van der Waals surface area contributed by atoms with Crippen molar-refractivity contribution >= 4 is 29.4 Å². The molecule has 0 spiro atoms. The molecule has 0 radical (unpaired) electrons. The van der Waals surface area contributed by atoms with E-state index < -0.39 is 17.6 Å². The summed E-state index contributed by atoms with van der Waals surface area (Å²) in [6.07, 6.45) is 0.413. The lowest BCUT2D eigenvalue weighted by molar-refractivity contribution is -0.124. The van der Waals surface area contributed by atoms with Crippen LogP contribution in [0.2, 0.25) is 0 Å². The van der Waals surface area contributed by atoms with Crippen molar-refractivity contribution in [1.29, 1.82) is 0 Å². The first-order chi connectivity index (χ1) is 9.74. The Morgan fingerprint density at radius 3 is 2.25 bits per heavy atom. The highest BCUT2D eigenvalue weighted by molar-refractivity contribution is 6.29. The van der Waals surface area contributed by atoms with Crippen molar-refractivity contribution in [3.05, 3.63) is 60.2 Å². The molecule has 4 heteroatoms. The highest BCUT2D eigenvalue weighted by Gasteiger charge is 2.39. The van der Waals surface area contributed by atoms with Crippen LogP contribution in [0.5, 0.6) is 0 Å². The molecule has 2 aromatic carbocycles. The van der Waals surface area contributed by atoms with Gasteiger partial charge in [0.2, 0.25) is 5.91 Å². The van der Waals surface area contributed by atoms with E-state index in [9.17, 15) is 14.4 Å². The molecule has 1 amide bonds. The Morgan fingerprint density at radius 1 is 0.900 bits per heavy atom. The number of para-hydroxylation sites is 2. The van der Waals surface area contributed by atoms with E-state index in [4.69, 9.17) is 0 Å². The first kappa shape index (κ1) is 12.3. The van der Waals surface area contributed by atoms with Crippen LogP contribution in [0.3, 0.4) is 0 Å². The zero-order chi connectivity index (χ0) is 14.1. The molecule has 1 atom stereocenters. The summed E-state index contributed by atoms with van der Waals surface area (Å²) in [6, 6.07) is 15.8. The first-order valence-corrected chi connectivity index (χ1v) is 6.21. The molecule has 0 aromatic heterocycles. The Balaban J connectivity index is 2.23. The van der Waals surface area contributed by atoms with Gasteiger partial charge in [-0.05, 0) is 24.3 Å². The third kappa shape index (κ3) is 1.73. The van der Waals surface area contributed by atoms with E-state index in [1.807, 2.05) is 6.07 Å². The van der Waals surface area contributed by atoms with Crippen LogP contribution in [-0.4, -0.2) is 18.0 Å². The van der Waals surface area contributed by atoms with Gasteiger partial charge in [-0.1, -0.05) is 30.3 Å². The van der Waals surface area contributed by atoms with Crippen LogP contribution in [0.1, 0.15) is 10.4 Å². The predicted molar refractivity (Wildman–Crippen MR) is 73.9 cm³/mol. The smallest absolute Gasteiger partial charge is 0.249 e. The topological polar surface area (TPSA) is 54.5 Å². The van der Waals surface area contributed by atoms with E-state index >= 15 is 0 Å². The van der Waals surface area contributed by atoms with Gasteiger partial charge in [-0.25, -0.2) is 0 Å². The van der Waals surface area contributed by atoms with E-state index in [0.29, 0.717) is 23.2 Å². The first-order valence-electron chi connectivity index (χ1n) is 6.21. The van der Waals surface area contributed by atoms with Crippen LogP contribution in [0, 0.1) is 5.92 Å². The maximum Gasteiger partial charge on any atom is 0.249 e. The fraction of sp³-hybridized carbons (Fsp3) is 0.0625. The SMILES string of the molecule is O=C[C@H]1C(=O)c2ccccc2N(c2ccccc2)C1=O. The van der Waals surface area contributed by atoms with Crippen LogP contribution in [0.4, 0.5) is 11.4 Å². The standard InChI is InChI=1S/C16H11NO3/c18-10-13-15(19)12-8-4-5-9-14(12)17(16(13)20)11-6-2-1-3-7-11/h1-10,13H/t13-/m0/s1. The van der Waals surface area contributed by atoms with Gasteiger partial charge in [0.15, 0.2) is 11.7 Å². The van der Waals surface area contributed by atoms with Crippen LogP contribution in [0.15, 0.2) is 54.6 Å². The number of hydrogen-bond acceptors (Lipinski definition) is 3. The molecule has 1 aliphatic rings. The molecule has 0 aliphatic carbocycles. The zero-order valence-corrected chi connectivity index (χ0v) is 10.5. The van der Waals surface area contributed by atoms with Crippen molar-refractivity contribution in [2.24, 2.45) is 5.92 Å². The zero-order valence-electron chi connectivity index (χ0n) is 10.5.